The van der Waals surface area contributed by atoms with Crippen molar-refractivity contribution in [3.05, 3.63) is 62.9 Å². The van der Waals surface area contributed by atoms with Crippen LogP contribution in [0.2, 0.25) is 5.02 Å². The minimum Gasteiger partial charge on any atom is -0.326 e. The molecule has 0 bridgehead atoms. The number of amides is 3. The monoisotopic (exact) mass is 347 g/mol. The fraction of sp³-hybridized carbons (Fsp3) is 0.125. The zero-order valence-corrected chi connectivity index (χ0v) is 13.8. The first-order chi connectivity index (χ1) is 11.0. The number of halogens is 1. The third-order valence-corrected chi connectivity index (χ3v) is 4.63. The van der Waals surface area contributed by atoms with E-state index in [4.69, 9.17) is 11.6 Å². The van der Waals surface area contributed by atoms with Gasteiger partial charge in [0.05, 0.1) is 11.6 Å². The number of hydrogen-bond donors (Lipinski definition) is 3. The molecule has 2 aromatic rings. The summed E-state index contributed by atoms with van der Waals surface area (Å²) in [5.74, 6) is -0.268. The number of hydrogen-bond acceptors (Lipinski definition) is 3. The zero-order valence-electron chi connectivity index (χ0n) is 12.2. The molecule has 3 amide bonds. The van der Waals surface area contributed by atoms with Gasteiger partial charge in [-0.15, -0.1) is 11.3 Å². The number of allylic oxidation sites excluding steroid dienone is 1. The van der Waals surface area contributed by atoms with Gasteiger partial charge in [0.2, 0.25) is 0 Å². The van der Waals surface area contributed by atoms with Gasteiger partial charge in [-0.25, -0.2) is 4.79 Å². The van der Waals surface area contributed by atoms with Crippen molar-refractivity contribution in [3.8, 4) is 0 Å². The second kappa shape index (κ2) is 6.44. The summed E-state index contributed by atoms with van der Waals surface area (Å²) >= 11 is 7.34. The first-order valence-electron chi connectivity index (χ1n) is 6.93. The number of thiophene rings is 1. The van der Waals surface area contributed by atoms with Gasteiger partial charge in [-0.05, 0) is 42.6 Å². The average Bonchev–Trinajstić information content (AvgIpc) is 3.03. The highest BCUT2D eigenvalue weighted by Crippen LogP contribution is 2.30. The predicted octanol–water partition coefficient (Wildman–Crippen LogP) is 3.67. The molecule has 1 aliphatic heterocycles. The molecule has 3 rings (SSSR count). The van der Waals surface area contributed by atoms with Crippen molar-refractivity contribution in [1.29, 1.82) is 0 Å². The summed E-state index contributed by atoms with van der Waals surface area (Å²) in [5.41, 5.74) is 1.67. The van der Waals surface area contributed by atoms with Crippen LogP contribution in [0.4, 0.5) is 10.5 Å². The van der Waals surface area contributed by atoms with Crippen LogP contribution < -0.4 is 16.0 Å². The predicted molar refractivity (Wildman–Crippen MR) is 91.5 cm³/mol. The van der Waals surface area contributed by atoms with Crippen molar-refractivity contribution in [2.45, 2.75) is 13.0 Å². The Morgan fingerprint density at radius 1 is 1.26 bits per heavy atom. The molecule has 0 saturated carbocycles. The minimum atomic E-state index is -0.462. The SMILES string of the molecule is CC1=C(C(=O)Nc2ccc(Cl)cc2)[C@H](c2cccs2)NC(=O)N1. The summed E-state index contributed by atoms with van der Waals surface area (Å²) in [6, 6.07) is 9.87. The molecule has 3 N–H and O–H groups in total. The molecule has 0 spiro atoms. The van der Waals surface area contributed by atoms with Crippen LogP contribution in [0.1, 0.15) is 17.8 Å². The number of carbonyl (C=O) groups is 2. The Hall–Kier alpha value is -2.31. The van der Waals surface area contributed by atoms with E-state index < -0.39 is 6.04 Å². The van der Waals surface area contributed by atoms with Crippen molar-refractivity contribution < 1.29 is 9.59 Å². The Morgan fingerprint density at radius 3 is 2.65 bits per heavy atom. The van der Waals surface area contributed by atoms with Crippen LogP contribution >= 0.6 is 22.9 Å². The van der Waals surface area contributed by atoms with E-state index in [1.807, 2.05) is 17.5 Å². The normalized spacial score (nSPS) is 17.5. The van der Waals surface area contributed by atoms with Gasteiger partial charge in [-0.3, -0.25) is 4.79 Å². The van der Waals surface area contributed by atoms with E-state index >= 15 is 0 Å². The highest BCUT2D eigenvalue weighted by molar-refractivity contribution is 7.10. The number of urea groups is 1. The Labute approximate surface area is 142 Å². The first-order valence-corrected chi connectivity index (χ1v) is 8.19. The summed E-state index contributed by atoms with van der Waals surface area (Å²) in [7, 11) is 0. The minimum absolute atomic E-state index is 0.268. The lowest BCUT2D eigenvalue weighted by molar-refractivity contribution is -0.113. The molecule has 1 aromatic carbocycles. The lowest BCUT2D eigenvalue weighted by Crippen LogP contribution is -2.45. The Bertz CT molecular complexity index is 769. The van der Waals surface area contributed by atoms with Crippen LogP contribution in [0.15, 0.2) is 53.0 Å². The Balaban J connectivity index is 1.90. The van der Waals surface area contributed by atoms with Crippen molar-refractivity contribution in [2.75, 3.05) is 5.32 Å². The van der Waals surface area contributed by atoms with E-state index in [0.717, 1.165) is 4.88 Å². The number of anilines is 1. The molecule has 118 valence electrons. The largest absolute Gasteiger partial charge is 0.326 e. The number of benzene rings is 1. The van der Waals surface area contributed by atoms with Crippen LogP contribution in [0.5, 0.6) is 0 Å². The maximum absolute atomic E-state index is 12.7. The van der Waals surface area contributed by atoms with Gasteiger partial charge in [0.15, 0.2) is 0 Å². The Morgan fingerprint density at radius 2 is 2.00 bits per heavy atom. The summed E-state index contributed by atoms with van der Waals surface area (Å²) < 4.78 is 0. The quantitative estimate of drug-likeness (QED) is 0.792. The molecule has 7 heteroatoms. The van der Waals surface area contributed by atoms with Crippen LogP contribution in [0, 0.1) is 0 Å². The molecule has 0 unspecified atom stereocenters. The summed E-state index contributed by atoms with van der Waals surface area (Å²) in [6.07, 6.45) is 0. The molecular weight excluding hydrogens is 334 g/mol. The highest BCUT2D eigenvalue weighted by Gasteiger charge is 2.31. The lowest BCUT2D eigenvalue weighted by Gasteiger charge is -2.27. The molecule has 2 heterocycles. The molecule has 0 fully saturated rings. The molecule has 1 aliphatic rings. The molecule has 1 atom stereocenters. The summed E-state index contributed by atoms with van der Waals surface area (Å²) in [6.45, 7) is 1.72. The molecular formula is C16H14ClN3O2S. The average molecular weight is 348 g/mol. The maximum atomic E-state index is 12.7. The van der Waals surface area contributed by atoms with Crippen molar-refractivity contribution in [3.63, 3.8) is 0 Å². The molecule has 23 heavy (non-hydrogen) atoms. The number of rotatable bonds is 3. The molecule has 0 aliphatic carbocycles. The van der Waals surface area contributed by atoms with Crippen LogP contribution in [-0.4, -0.2) is 11.9 Å². The topological polar surface area (TPSA) is 70.2 Å². The smallest absolute Gasteiger partial charge is 0.319 e. The third kappa shape index (κ3) is 3.38. The second-order valence-electron chi connectivity index (χ2n) is 5.05. The lowest BCUT2D eigenvalue weighted by atomic mass is 10.0. The van der Waals surface area contributed by atoms with E-state index in [-0.39, 0.29) is 11.9 Å². The first kappa shape index (κ1) is 15.6. The molecule has 0 radical (unpaired) electrons. The number of carbonyl (C=O) groups excluding carboxylic acids is 2. The van der Waals surface area contributed by atoms with E-state index in [1.54, 1.807) is 31.2 Å². The maximum Gasteiger partial charge on any atom is 0.319 e. The van der Waals surface area contributed by atoms with Gasteiger partial charge < -0.3 is 16.0 Å². The van der Waals surface area contributed by atoms with Gasteiger partial charge in [-0.1, -0.05) is 17.7 Å². The standard InChI is InChI=1S/C16H14ClN3O2S/c1-9-13(15(21)19-11-6-4-10(17)5-7-11)14(20-16(22)18-9)12-3-2-8-23-12/h2-8,14H,1H3,(H,19,21)(H2,18,20,22)/t14-/m0/s1. The number of nitrogens with one attached hydrogen (secondary N) is 3. The van der Waals surface area contributed by atoms with Crippen molar-refractivity contribution in [1.82, 2.24) is 10.6 Å². The molecule has 1 aromatic heterocycles. The third-order valence-electron chi connectivity index (χ3n) is 3.44. The van der Waals surface area contributed by atoms with Gasteiger partial charge in [0.1, 0.15) is 0 Å². The summed E-state index contributed by atoms with van der Waals surface area (Å²) in [5, 5.41) is 10.8. The van der Waals surface area contributed by atoms with Crippen LogP contribution in [-0.2, 0) is 4.79 Å². The van der Waals surface area contributed by atoms with Crippen molar-refractivity contribution >= 4 is 40.6 Å². The zero-order chi connectivity index (χ0) is 16.4. The van der Waals surface area contributed by atoms with Crippen LogP contribution in [0.25, 0.3) is 0 Å². The molecule has 5 nitrogen and oxygen atoms in total. The van der Waals surface area contributed by atoms with Gasteiger partial charge >= 0.3 is 6.03 Å². The fourth-order valence-electron chi connectivity index (χ4n) is 2.40. The fourth-order valence-corrected chi connectivity index (χ4v) is 3.31. The van der Waals surface area contributed by atoms with E-state index in [1.165, 1.54) is 11.3 Å². The van der Waals surface area contributed by atoms with Crippen molar-refractivity contribution in [2.24, 2.45) is 0 Å². The van der Waals surface area contributed by atoms with E-state index in [2.05, 4.69) is 16.0 Å². The highest BCUT2D eigenvalue weighted by atomic mass is 35.5. The van der Waals surface area contributed by atoms with Gasteiger partial charge in [-0.2, -0.15) is 0 Å². The molecule has 0 saturated heterocycles. The van der Waals surface area contributed by atoms with E-state index in [9.17, 15) is 9.59 Å². The Kier molecular flexibility index (Phi) is 4.36. The van der Waals surface area contributed by atoms with Gasteiger partial charge in [0.25, 0.3) is 5.91 Å². The second-order valence-corrected chi connectivity index (χ2v) is 6.46. The van der Waals surface area contributed by atoms with Crippen LogP contribution in [0.3, 0.4) is 0 Å². The van der Waals surface area contributed by atoms with Gasteiger partial charge in [0, 0.05) is 21.3 Å². The summed E-state index contributed by atoms with van der Waals surface area (Å²) in [4.78, 5) is 25.3. The van der Waals surface area contributed by atoms with E-state index in [0.29, 0.717) is 22.0 Å².